The third-order valence-corrected chi connectivity index (χ3v) is 3.42. The summed E-state index contributed by atoms with van der Waals surface area (Å²) in [7, 11) is 0. The predicted octanol–water partition coefficient (Wildman–Crippen LogP) is 1.76. The van der Waals surface area contributed by atoms with Gasteiger partial charge < -0.3 is 10.6 Å². The number of H-pyrrole nitrogens is 1. The van der Waals surface area contributed by atoms with Gasteiger partial charge in [-0.2, -0.15) is 5.10 Å². The predicted molar refractivity (Wildman–Crippen MR) is 73.6 cm³/mol. The maximum Gasteiger partial charge on any atom is 0.230 e. The number of rotatable bonds is 3. The van der Waals surface area contributed by atoms with Crippen molar-refractivity contribution in [3.05, 3.63) is 36.1 Å². The van der Waals surface area contributed by atoms with Crippen molar-refractivity contribution >= 4 is 11.7 Å². The van der Waals surface area contributed by atoms with Crippen LogP contribution >= 0.6 is 0 Å². The van der Waals surface area contributed by atoms with Crippen molar-refractivity contribution in [2.75, 3.05) is 18.4 Å². The molecule has 5 nitrogen and oxygen atoms in total. The fraction of sp³-hybridized carbons (Fsp3) is 0.286. The van der Waals surface area contributed by atoms with Gasteiger partial charge in [0.25, 0.3) is 0 Å². The van der Waals surface area contributed by atoms with Gasteiger partial charge in [-0.1, -0.05) is 0 Å². The van der Waals surface area contributed by atoms with Crippen LogP contribution in [0.15, 0.2) is 30.3 Å². The van der Waals surface area contributed by atoms with Crippen LogP contribution in [0.1, 0.15) is 6.42 Å². The van der Waals surface area contributed by atoms with Crippen molar-refractivity contribution in [3.63, 3.8) is 0 Å². The molecule has 1 aromatic carbocycles. The highest BCUT2D eigenvalue weighted by atomic mass is 19.1. The van der Waals surface area contributed by atoms with Crippen molar-refractivity contribution < 1.29 is 9.18 Å². The molecule has 1 fully saturated rings. The van der Waals surface area contributed by atoms with Gasteiger partial charge >= 0.3 is 0 Å². The molecule has 0 unspecified atom stereocenters. The average Bonchev–Trinajstić information content (AvgIpc) is 3.10. The minimum Gasteiger partial charge on any atom is -0.316 e. The van der Waals surface area contributed by atoms with E-state index >= 15 is 0 Å². The number of aromatic amines is 1. The number of aromatic nitrogens is 2. The fourth-order valence-corrected chi connectivity index (χ4v) is 2.27. The Morgan fingerprint density at radius 3 is 2.85 bits per heavy atom. The first-order valence-electron chi connectivity index (χ1n) is 6.55. The van der Waals surface area contributed by atoms with Crippen molar-refractivity contribution in [1.82, 2.24) is 15.5 Å². The Balaban J connectivity index is 1.70. The van der Waals surface area contributed by atoms with Crippen LogP contribution in [0.3, 0.4) is 0 Å². The molecule has 3 rings (SSSR count). The number of carbonyl (C=O) groups excluding carboxylic acids is 1. The Morgan fingerprint density at radius 2 is 2.15 bits per heavy atom. The van der Waals surface area contributed by atoms with E-state index < -0.39 is 0 Å². The highest BCUT2D eigenvalue weighted by molar-refractivity contribution is 5.92. The van der Waals surface area contributed by atoms with Crippen molar-refractivity contribution in [3.8, 4) is 11.3 Å². The van der Waals surface area contributed by atoms with Crippen molar-refractivity contribution in [2.24, 2.45) is 5.92 Å². The zero-order chi connectivity index (χ0) is 13.9. The molecule has 0 saturated carbocycles. The number of benzene rings is 1. The van der Waals surface area contributed by atoms with Gasteiger partial charge in [0, 0.05) is 12.6 Å². The summed E-state index contributed by atoms with van der Waals surface area (Å²) in [4.78, 5) is 12.0. The van der Waals surface area contributed by atoms with Gasteiger partial charge in [-0.05, 0) is 42.8 Å². The molecule has 1 amide bonds. The number of amides is 1. The minimum absolute atomic E-state index is 0.000899. The van der Waals surface area contributed by atoms with E-state index in [4.69, 9.17) is 0 Å². The SMILES string of the molecule is O=C(Nc1cc(-c2ccc(F)cc2)[nH]n1)[C@@H]1CCNC1. The van der Waals surface area contributed by atoms with E-state index in [0.717, 1.165) is 24.2 Å². The Kier molecular flexibility index (Phi) is 3.47. The van der Waals surface area contributed by atoms with E-state index in [2.05, 4.69) is 20.8 Å². The maximum absolute atomic E-state index is 12.9. The smallest absolute Gasteiger partial charge is 0.230 e. The molecular formula is C14H15FN4O. The van der Waals surface area contributed by atoms with Gasteiger partial charge in [-0.15, -0.1) is 0 Å². The zero-order valence-corrected chi connectivity index (χ0v) is 10.8. The Labute approximate surface area is 115 Å². The fourth-order valence-electron chi connectivity index (χ4n) is 2.27. The normalized spacial score (nSPS) is 18.1. The molecule has 1 atom stereocenters. The van der Waals surface area contributed by atoms with E-state index in [0.29, 0.717) is 12.4 Å². The summed E-state index contributed by atoms with van der Waals surface area (Å²) in [5, 5.41) is 12.8. The quantitative estimate of drug-likeness (QED) is 0.799. The average molecular weight is 274 g/mol. The van der Waals surface area contributed by atoms with Crippen LogP contribution in [-0.2, 0) is 4.79 Å². The number of hydrogen-bond donors (Lipinski definition) is 3. The van der Waals surface area contributed by atoms with E-state index in [9.17, 15) is 9.18 Å². The van der Waals surface area contributed by atoms with Gasteiger partial charge in [-0.25, -0.2) is 4.39 Å². The lowest BCUT2D eigenvalue weighted by Crippen LogP contribution is -2.24. The van der Waals surface area contributed by atoms with Gasteiger partial charge in [0.2, 0.25) is 5.91 Å². The minimum atomic E-state index is -0.282. The van der Waals surface area contributed by atoms with Crippen LogP contribution < -0.4 is 10.6 Å². The number of halogens is 1. The van der Waals surface area contributed by atoms with Crippen LogP contribution in [0.5, 0.6) is 0 Å². The summed E-state index contributed by atoms with van der Waals surface area (Å²) >= 11 is 0. The summed E-state index contributed by atoms with van der Waals surface area (Å²) in [6.45, 7) is 1.58. The molecule has 6 heteroatoms. The molecule has 0 spiro atoms. The molecule has 104 valence electrons. The summed E-state index contributed by atoms with van der Waals surface area (Å²) in [6.07, 6.45) is 0.848. The first kappa shape index (κ1) is 12.8. The standard InChI is InChI=1S/C14H15FN4O/c15-11-3-1-9(2-4-11)12-7-13(19-18-12)17-14(20)10-5-6-16-8-10/h1-4,7,10,16H,5-6,8H2,(H2,17,18,19,20)/t10-/m1/s1. The number of nitrogens with zero attached hydrogens (tertiary/aromatic N) is 1. The molecule has 1 saturated heterocycles. The largest absolute Gasteiger partial charge is 0.316 e. The number of hydrogen-bond acceptors (Lipinski definition) is 3. The van der Waals surface area contributed by atoms with Crippen molar-refractivity contribution in [2.45, 2.75) is 6.42 Å². The Morgan fingerprint density at radius 1 is 1.35 bits per heavy atom. The molecule has 2 heterocycles. The van der Waals surface area contributed by atoms with E-state index in [-0.39, 0.29) is 17.6 Å². The maximum atomic E-state index is 12.9. The lowest BCUT2D eigenvalue weighted by atomic mass is 10.1. The summed E-state index contributed by atoms with van der Waals surface area (Å²) in [5.41, 5.74) is 1.56. The topological polar surface area (TPSA) is 69.8 Å². The van der Waals surface area contributed by atoms with Crippen LogP contribution in [0.4, 0.5) is 10.2 Å². The van der Waals surface area contributed by atoms with Crippen LogP contribution in [0.25, 0.3) is 11.3 Å². The third kappa shape index (κ3) is 2.70. The van der Waals surface area contributed by atoms with Crippen LogP contribution in [0.2, 0.25) is 0 Å². The Hall–Kier alpha value is -2.21. The molecular weight excluding hydrogens is 259 g/mol. The van der Waals surface area contributed by atoms with E-state index in [1.165, 1.54) is 12.1 Å². The second-order valence-electron chi connectivity index (χ2n) is 4.85. The summed E-state index contributed by atoms with van der Waals surface area (Å²) < 4.78 is 12.9. The molecule has 1 aromatic heterocycles. The number of carbonyl (C=O) groups is 1. The number of anilines is 1. The first-order chi connectivity index (χ1) is 9.72. The number of nitrogens with one attached hydrogen (secondary N) is 3. The highest BCUT2D eigenvalue weighted by Crippen LogP contribution is 2.20. The molecule has 0 bridgehead atoms. The van der Waals surface area contributed by atoms with E-state index in [1.807, 2.05) is 0 Å². The second-order valence-corrected chi connectivity index (χ2v) is 4.85. The first-order valence-corrected chi connectivity index (χ1v) is 6.55. The second kappa shape index (κ2) is 5.42. The lowest BCUT2D eigenvalue weighted by Gasteiger charge is -2.06. The summed E-state index contributed by atoms with van der Waals surface area (Å²) in [5.74, 6) is 0.185. The molecule has 0 aliphatic carbocycles. The Bertz CT molecular complexity index is 602. The molecule has 1 aliphatic heterocycles. The molecule has 0 radical (unpaired) electrons. The van der Waals surface area contributed by atoms with Crippen molar-refractivity contribution in [1.29, 1.82) is 0 Å². The lowest BCUT2D eigenvalue weighted by molar-refractivity contribution is -0.119. The molecule has 1 aliphatic rings. The van der Waals surface area contributed by atoms with Gasteiger partial charge in [-0.3, -0.25) is 9.89 Å². The van der Waals surface area contributed by atoms with Crippen LogP contribution in [0, 0.1) is 11.7 Å². The summed E-state index contributed by atoms with van der Waals surface area (Å²) in [6, 6.07) is 7.84. The van der Waals surface area contributed by atoms with Crippen LogP contribution in [-0.4, -0.2) is 29.2 Å². The van der Waals surface area contributed by atoms with E-state index in [1.54, 1.807) is 18.2 Å². The van der Waals surface area contributed by atoms with Gasteiger partial charge in [0.15, 0.2) is 5.82 Å². The monoisotopic (exact) mass is 274 g/mol. The zero-order valence-electron chi connectivity index (χ0n) is 10.8. The molecule has 20 heavy (non-hydrogen) atoms. The molecule has 2 aromatic rings. The third-order valence-electron chi connectivity index (χ3n) is 3.42. The van der Waals surface area contributed by atoms with Gasteiger partial charge in [0.05, 0.1) is 11.6 Å². The highest BCUT2D eigenvalue weighted by Gasteiger charge is 2.22. The van der Waals surface area contributed by atoms with Gasteiger partial charge in [0.1, 0.15) is 5.82 Å². The molecule has 3 N–H and O–H groups in total.